The molecule has 0 radical (unpaired) electrons. The van der Waals surface area contributed by atoms with Crippen LogP contribution < -0.4 is 5.32 Å². The molecule has 1 saturated carbocycles. The maximum Gasteiger partial charge on any atom is 0.0693 e. The predicted octanol–water partition coefficient (Wildman–Crippen LogP) is 1.61. The summed E-state index contributed by atoms with van der Waals surface area (Å²) < 4.78 is 0. The van der Waals surface area contributed by atoms with Gasteiger partial charge in [0.15, 0.2) is 0 Å². The van der Waals surface area contributed by atoms with Gasteiger partial charge in [0.05, 0.1) is 6.10 Å². The van der Waals surface area contributed by atoms with E-state index in [0.717, 1.165) is 25.3 Å². The minimum Gasteiger partial charge on any atom is -0.392 e. The van der Waals surface area contributed by atoms with E-state index in [9.17, 15) is 5.11 Å². The average molecular weight is 240 g/mol. The molecular formula is C14H28N2O. The number of hydrogen-bond donors (Lipinski definition) is 2. The summed E-state index contributed by atoms with van der Waals surface area (Å²) in [5, 5.41) is 13.5. The molecule has 2 atom stereocenters. The largest absolute Gasteiger partial charge is 0.392 e. The monoisotopic (exact) mass is 240 g/mol. The summed E-state index contributed by atoms with van der Waals surface area (Å²) in [6.45, 7) is 7.07. The van der Waals surface area contributed by atoms with Crippen LogP contribution in [0.1, 0.15) is 45.4 Å². The van der Waals surface area contributed by atoms with E-state index in [-0.39, 0.29) is 6.10 Å². The van der Waals surface area contributed by atoms with Crippen LogP contribution in [0.4, 0.5) is 0 Å². The fourth-order valence-corrected chi connectivity index (χ4v) is 3.17. The van der Waals surface area contributed by atoms with E-state index >= 15 is 0 Å². The van der Waals surface area contributed by atoms with Gasteiger partial charge in [-0.15, -0.1) is 0 Å². The Bertz CT molecular complexity index is 214. The van der Waals surface area contributed by atoms with Crippen molar-refractivity contribution in [1.82, 2.24) is 10.2 Å². The van der Waals surface area contributed by atoms with Crippen molar-refractivity contribution in [1.29, 1.82) is 0 Å². The molecule has 2 unspecified atom stereocenters. The highest BCUT2D eigenvalue weighted by Gasteiger charge is 2.24. The van der Waals surface area contributed by atoms with Crippen LogP contribution in [-0.4, -0.2) is 48.3 Å². The maximum atomic E-state index is 9.91. The van der Waals surface area contributed by atoms with Crippen molar-refractivity contribution in [2.75, 3.05) is 26.2 Å². The van der Waals surface area contributed by atoms with Crippen molar-refractivity contribution in [3.8, 4) is 0 Å². The first kappa shape index (κ1) is 13.3. The highest BCUT2D eigenvalue weighted by atomic mass is 16.3. The quantitative estimate of drug-likeness (QED) is 0.784. The SMILES string of the molecule is CCN1CCC(CNC2CCCCC2O)CC1. The van der Waals surface area contributed by atoms with Gasteiger partial charge in [-0.3, -0.25) is 0 Å². The summed E-state index contributed by atoms with van der Waals surface area (Å²) in [6.07, 6.45) is 7.19. The van der Waals surface area contributed by atoms with E-state index in [1.165, 1.54) is 45.3 Å². The Morgan fingerprint density at radius 1 is 1.12 bits per heavy atom. The van der Waals surface area contributed by atoms with Crippen molar-refractivity contribution in [3.63, 3.8) is 0 Å². The zero-order chi connectivity index (χ0) is 12.1. The summed E-state index contributed by atoms with van der Waals surface area (Å²) in [4.78, 5) is 2.53. The molecule has 1 aliphatic carbocycles. The third-order valence-corrected chi connectivity index (χ3v) is 4.55. The standard InChI is InChI=1S/C14H28N2O/c1-2-16-9-7-12(8-10-16)11-15-13-5-3-4-6-14(13)17/h12-15,17H,2-11H2,1H3. The van der Waals surface area contributed by atoms with Crippen LogP contribution in [0.5, 0.6) is 0 Å². The topological polar surface area (TPSA) is 35.5 Å². The number of hydrogen-bond acceptors (Lipinski definition) is 3. The molecule has 3 nitrogen and oxygen atoms in total. The van der Waals surface area contributed by atoms with Gasteiger partial charge in [0.25, 0.3) is 0 Å². The van der Waals surface area contributed by atoms with Gasteiger partial charge in [-0.2, -0.15) is 0 Å². The maximum absolute atomic E-state index is 9.91. The summed E-state index contributed by atoms with van der Waals surface area (Å²) in [7, 11) is 0. The lowest BCUT2D eigenvalue weighted by Crippen LogP contribution is -2.45. The average Bonchev–Trinajstić information content (AvgIpc) is 2.38. The van der Waals surface area contributed by atoms with E-state index in [4.69, 9.17) is 0 Å². The highest BCUT2D eigenvalue weighted by molar-refractivity contribution is 4.82. The van der Waals surface area contributed by atoms with Gasteiger partial charge in [0.1, 0.15) is 0 Å². The van der Waals surface area contributed by atoms with Gasteiger partial charge in [0.2, 0.25) is 0 Å². The molecule has 2 fully saturated rings. The molecule has 2 N–H and O–H groups in total. The Kier molecular flexibility index (Phi) is 5.26. The first-order valence-electron chi connectivity index (χ1n) is 7.43. The van der Waals surface area contributed by atoms with Crippen LogP contribution in [0.3, 0.4) is 0 Å². The number of rotatable bonds is 4. The number of nitrogens with zero attached hydrogens (tertiary/aromatic N) is 1. The fourth-order valence-electron chi connectivity index (χ4n) is 3.17. The number of aliphatic hydroxyl groups is 1. The summed E-state index contributed by atoms with van der Waals surface area (Å²) in [5.74, 6) is 0.826. The second-order valence-electron chi connectivity index (χ2n) is 5.74. The van der Waals surface area contributed by atoms with Crippen LogP contribution in [0.2, 0.25) is 0 Å². The smallest absolute Gasteiger partial charge is 0.0693 e. The number of likely N-dealkylation sites (tertiary alicyclic amines) is 1. The van der Waals surface area contributed by atoms with Gasteiger partial charge in [-0.1, -0.05) is 19.8 Å². The molecule has 1 heterocycles. The summed E-state index contributed by atoms with van der Waals surface area (Å²) >= 11 is 0. The van der Waals surface area contributed by atoms with Crippen LogP contribution >= 0.6 is 0 Å². The van der Waals surface area contributed by atoms with Crippen molar-refractivity contribution >= 4 is 0 Å². The minimum atomic E-state index is -0.0977. The summed E-state index contributed by atoms with van der Waals surface area (Å²) in [5.41, 5.74) is 0. The number of piperidine rings is 1. The lowest BCUT2D eigenvalue weighted by molar-refractivity contribution is 0.0855. The Labute approximate surface area is 106 Å². The lowest BCUT2D eigenvalue weighted by Gasteiger charge is -2.34. The Hall–Kier alpha value is -0.120. The van der Waals surface area contributed by atoms with Gasteiger partial charge in [-0.25, -0.2) is 0 Å². The number of aliphatic hydroxyl groups excluding tert-OH is 1. The normalized spacial score (nSPS) is 32.8. The van der Waals surface area contributed by atoms with Crippen LogP contribution in [0, 0.1) is 5.92 Å². The Balaban J connectivity index is 1.65. The van der Waals surface area contributed by atoms with Gasteiger partial charge < -0.3 is 15.3 Å². The van der Waals surface area contributed by atoms with Crippen molar-refractivity contribution < 1.29 is 5.11 Å². The van der Waals surface area contributed by atoms with Crippen LogP contribution in [-0.2, 0) is 0 Å². The Morgan fingerprint density at radius 2 is 1.82 bits per heavy atom. The van der Waals surface area contributed by atoms with Crippen molar-refractivity contribution in [2.24, 2.45) is 5.92 Å². The lowest BCUT2D eigenvalue weighted by atomic mass is 9.91. The van der Waals surface area contributed by atoms with E-state index in [0.29, 0.717) is 6.04 Å². The third-order valence-electron chi connectivity index (χ3n) is 4.55. The second-order valence-corrected chi connectivity index (χ2v) is 5.74. The predicted molar refractivity (Wildman–Crippen MR) is 71.1 cm³/mol. The second kappa shape index (κ2) is 6.72. The molecular weight excluding hydrogens is 212 g/mol. The third kappa shape index (κ3) is 3.94. The molecule has 1 aliphatic heterocycles. The van der Waals surface area contributed by atoms with Crippen molar-refractivity contribution in [3.05, 3.63) is 0 Å². The number of nitrogens with one attached hydrogen (secondary N) is 1. The molecule has 2 aliphatic rings. The van der Waals surface area contributed by atoms with Gasteiger partial charge in [0, 0.05) is 6.04 Å². The Morgan fingerprint density at radius 3 is 2.47 bits per heavy atom. The highest BCUT2D eigenvalue weighted by Crippen LogP contribution is 2.20. The van der Waals surface area contributed by atoms with Crippen molar-refractivity contribution in [2.45, 2.75) is 57.6 Å². The molecule has 3 heteroatoms. The molecule has 0 spiro atoms. The molecule has 0 amide bonds. The van der Waals surface area contributed by atoms with Gasteiger partial charge in [-0.05, 0) is 57.8 Å². The molecule has 0 aromatic carbocycles. The molecule has 100 valence electrons. The fraction of sp³-hybridized carbons (Fsp3) is 1.00. The zero-order valence-corrected chi connectivity index (χ0v) is 11.2. The molecule has 2 rings (SSSR count). The first-order chi connectivity index (χ1) is 8.29. The molecule has 0 bridgehead atoms. The minimum absolute atomic E-state index is 0.0977. The zero-order valence-electron chi connectivity index (χ0n) is 11.2. The molecule has 17 heavy (non-hydrogen) atoms. The summed E-state index contributed by atoms with van der Waals surface area (Å²) in [6, 6.07) is 0.368. The molecule has 0 aromatic heterocycles. The van der Waals surface area contributed by atoms with E-state index in [1.807, 2.05) is 0 Å². The first-order valence-corrected chi connectivity index (χ1v) is 7.43. The molecule has 0 aromatic rings. The van der Waals surface area contributed by atoms with Gasteiger partial charge >= 0.3 is 0 Å². The van der Waals surface area contributed by atoms with Crippen LogP contribution in [0.15, 0.2) is 0 Å². The molecule has 1 saturated heterocycles. The van der Waals surface area contributed by atoms with E-state index in [2.05, 4.69) is 17.1 Å². The van der Waals surface area contributed by atoms with E-state index in [1.54, 1.807) is 0 Å². The van der Waals surface area contributed by atoms with Crippen LogP contribution in [0.25, 0.3) is 0 Å². The van der Waals surface area contributed by atoms with E-state index < -0.39 is 0 Å².